The average Bonchev–Trinajstić information content (AvgIpc) is 2.84. The molecule has 0 amide bonds. The van der Waals surface area contributed by atoms with Gasteiger partial charge in [-0.1, -0.05) is 11.8 Å². The third-order valence-corrected chi connectivity index (χ3v) is 3.29. The molecule has 0 aliphatic heterocycles. The first-order chi connectivity index (χ1) is 9.20. The molecule has 0 N–H and O–H groups in total. The molecule has 1 aromatic carbocycles. The fourth-order valence-corrected chi connectivity index (χ4v) is 2.01. The van der Waals surface area contributed by atoms with Crippen LogP contribution in [0, 0.1) is 0 Å². The van der Waals surface area contributed by atoms with Crippen LogP contribution in [-0.4, -0.2) is 27.7 Å². The number of aromatic nitrogens is 3. The molecule has 6 heteroatoms. The number of benzene rings is 1. The highest BCUT2D eigenvalue weighted by molar-refractivity contribution is 8.02. The van der Waals surface area contributed by atoms with Crippen LogP contribution in [0.1, 0.15) is 10.4 Å². The van der Waals surface area contributed by atoms with Crippen molar-refractivity contribution in [2.75, 3.05) is 7.11 Å². The van der Waals surface area contributed by atoms with Crippen LogP contribution in [0.25, 0.3) is 0 Å². The Kier molecular flexibility index (Phi) is 4.35. The highest BCUT2D eigenvalue weighted by Gasteiger charge is 2.03. The van der Waals surface area contributed by atoms with E-state index < -0.39 is 0 Å². The van der Waals surface area contributed by atoms with Crippen LogP contribution in [0.2, 0.25) is 0 Å². The summed E-state index contributed by atoms with van der Waals surface area (Å²) in [7, 11) is 3.44. The van der Waals surface area contributed by atoms with E-state index in [1.54, 1.807) is 47.7 Å². The van der Waals surface area contributed by atoms with E-state index in [1.807, 2.05) is 7.05 Å². The summed E-state index contributed by atoms with van der Waals surface area (Å²) in [5, 5.41) is 10.1. The van der Waals surface area contributed by atoms with Crippen LogP contribution < -0.4 is 4.74 Å². The lowest BCUT2D eigenvalue weighted by Crippen LogP contribution is -1.94. The van der Waals surface area contributed by atoms with Crippen LogP contribution in [0.4, 0.5) is 0 Å². The molecule has 0 aliphatic rings. The van der Waals surface area contributed by atoms with E-state index in [2.05, 4.69) is 10.2 Å². The summed E-state index contributed by atoms with van der Waals surface area (Å²) in [5.74, 6) is 0.673. The van der Waals surface area contributed by atoms with Crippen molar-refractivity contribution in [3.05, 3.63) is 47.6 Å². The summed E-state index contributed by atoms with van der Waals surface area (Å²) in [5.41, 5.74) is 0.621. The number of aryl methyl sites for hydroxylation is 1. The van der Waals surface area contributed by atoms with Crippen molar-refractivity contribution in [2.24, 2.45) is 7.05 Å². The van der Waals surface area contributed by atoms with Crippen LogP contribution in [0.3, 0.4) is 0 Å². The Morgan fingerprint density at radius 2 is 2.11 bits per heavy atom. The Morgan fingerprint density at radius 3 is 2.68 bits per heavy atom. The maximum Gasteiger partial charge on any atom is 0.194 e. The van der Waals surface area contributed by atoms with Gasteiger partial charge >= 0.3 is 0 Å². The van der Waals surface area contributed by atoms with E-state index >= 15 is 0 Å². The van der Waals surface area contributed by atoms with Gasteiger partial charge in [0.1, 0.15) is 12.1 Å². The zero-order valence-electron chi connectivity index (χ0n) is 10.6. The normalized spacial score (nSPS) is 10.8. The number of allylic oxidation sites excluding steroid dienone is 1. The maximum atomic E-state index is 11.9. The lowest BCUT2D eigenvalue weighted by atomic mass is 10.1. The van der Waals surface area contributed by atoms with Gasteiger partial charge in [0.15, 0.2) is 10.9 Å². The van der Waals surface area contributed by atoms with Gasteiger partial charge in [-0.2, -0.15) is 0 Å². The molecule has 5 nitrogen and oxygen atoms in total. The molecule has 0 unspecified atom stereocenters. The topological polar surface area (TPSA) is 57.0 Å². The summed E-state index contributed by atoms with van der Waals surface area (Å²) in [4.78, 5) is 11.9. The Hall–Kier alpha value is -2.08. The van der Waals surface area contributed by atoms with Gasteiger partial charge < -0.3 is 9.30 Å². The first kappa shape index (κ1) is 13.4. The molecule has 0 spiro atoms. The second-order valence-corrected chi connectivity index (χ2v) is 4.61. The average molecular weight is 275 g/mol. The van der Waals surface area contributed by atoms with E-state index in [9.17, 15) is 4.79 Å². The van der Waals surface area contributed by atoms with Gasteiger partial charge in [0.05, 0.1) is 7.11 Å². The van der Waals surface area contributed by atoms with Gasteiger partial charge in [0.2, 0.25) is 0 Å². The van der Waals surface area contributed by atoms with E-state index in [-0.39, 0.29) is 5.78 Å². The lowest BCUT2D eigenvalue weighted by Gasteiger charge is -2.00. The predicted molar refractivity (Wildman–Crippen MR) is 73.3 cm³/mol. The minimum atomic E-state index is -0.0580. The lowest BCUT2D eigenvalue weighted by molar-refractivity contribution is 0.104. The number of hydrogen-bond acceptors (Lipinski definition) is 5. The van der Waals surface area contributed by atoms with Crippen LogP contribution >= 0.6 is 11.8 Å². The Morgan fingerprint density at radius 1 is 1.37 bits per heavy atom. The molecule has 1 aromatic heterocycles. The summed E-state index contributed by atoms with van der Waals surface area (Å²) < 4.78 is 6.83. The Labute approximate surface area is 115 Å². The number of nitrogens with zero attached hydrogens (tertiary/aromatic N) is 3. The molecule has 0 radical (unpaired) electrons. The van der Waals surface area contributed by atoms with Gasteiger partial charge in [-0.3, -0.25) is 4.79 Å². The Bertz CT molecular complexity index is 590. The second-order valence-electron chi connectivity index (χ2n) is 3.74. The molecule has 2 rings (SSSR count). The quantitative estimate of drug-likeness (QED) is 0.476. The van der Waals surface area contributed by atoms with Gasteiger partial charge in [-0.15, -0.1) is 10.2 Å². The fraction of sp³-hybridized carbons (Fsp3) is 0.154. The fourth-order valence-electron chi connectivity index (χ4n) is 1.39. The SMILES string of the molecule is COc1ccc(C(=O)C=CSc2nncn2C)cc1. The summed E-state index contributed by atoms with van der Waals surface area (Å²) in [6.45, 7) is 0. The minimum absolute atomic E-state index is 0.0580. The van der Waals surface area contributed by atoms with Crippen LogP contribution in [0.15, 0.2) is 47.2 Å². The molecular weight excluding hydrogens is 262 g/mol. The highest BCUT2D eigenvalue weighted by atomic mass is 32.2. The number of rotatable bonds is 5. The van der Waals surface area contributed by atoms with E-state index in [4.69, 9.17) is 4.74 Å². The maximum absolute atomic E-state index is 11.9. The van der Waals surface area contributed by atoms with E-state index in [1.165, 1.54) is 17.8 Å². The zero-order valence-corrected chi connectivity index (χ0v) is 11.4. The molecular formula is C13H13N3O2S. The summed E-state index contributed by atoms with van der Waals surface area (Å²) in [6, 6.07) is 6.99. The van der Waals surface area contributed by atoms with Gasteiger partial charge in [0.25, 0.3) is 0 Å². The predicted octanol–water partition coefficient (Wildman–Crippen LogP) is 2.31. The molecule has 0 aliphatic carbocycles. The van der Waals surface area contributed by atoms with Crippen molar-refractivity contribution in [1.82, 2.24) is 14.8 Å². The van der Waals surface area contributed by atoms with Crippen molar-refractivity contribution < 1.29 is 9.53 Å². The number of thioether (sulfide) groups is 1. The number of carbonyl (C=O) groups excluding carboxylic acids is 1. The molecule has 2 aromatic rings. The molecule has 0 fully saturated rings. The van der Waals surface area contributed by atoms with Crippen molar-refractivity contribution in [1.29, 1.82) is 0 Å². The van der Waals surface area contributed by atoms with Gasteiger partial charge in [-0.25, -0.2) is 0 Å². The molecule has 0 bridgehead atoms. The monoisotopic (exact) mass is 275 g/mol. The third-order valence-electron chi connectivity index (χ3n) is 2.44. The van der Waals surface area contributed by atoms with E-state index in [0.29, 0.717) is 5.56 Å². The van der Waals surface area contributed by atoms with Crippen molar-refractivity contribution in [2.45, 2.75) is 5.16 Å². The standard InChI is InChI=1S/C13H13N3O2S/c1-16-9-14-15-13(16)19-8-7-12(17)10-3-5-11(18-2)6-4-10/h3-9H,1-2H3. The number of ether oxygens (including phenoxy) is 1. The first-order valence-corrected chi connectivity index (χ1v) is 6.44. The smallest absolute Gasteiger partial charge is 0.194 e. The molecule has 0 saturated heterocycles. The van der Waals surface area contributed by atoms with Crippen molar-refractivity contribution >= 4 is 17.5 Å². The second kappa shape index (κ2) is 6.19. The van der Waals surface area contributed by atoms with Crippen LogP contribution in [-0.2, 0) is 7.05 Å². The number of methoxy groups -OCH3 is 1. The molecule has 0 atom stereocenters. The van der Waals surface area contributed by atoms with Crippen molar-refractivity contribution in [3.8, 4) is 5.75 Å². The molecule has 98 valence electrons. The minimum Gasteiger partial charge on any atom is -0.497 e. The van der Waals surface area contributed by atoms with Gasteiger partial charge in [0, 0.05) is 12.6 Å². The Balaban J connectivity index is 1.98. The molecule has 0 saturated carbocycles. The third kappa shape index (κ3) is 3.45. The van der Waals surface area contributed by atoms with Gasteiger partial charge in [-0.05, 0) is 35.7 Å². The molecule has 19 heavy (non-hydrogen) atoms. The zero-order chi connectivity index (χ0) is 13.7. The molecule has 1 heterocycles. The van der Waals surface area contributed by atoms with Crippen molar-refractivity contribution in [3.63, 3.8) is 0 Å². The number of hydrogen-bond donors (Lipinski definition) is 0. The first-order valence-electron chi connectivity index (χ1n) is 5.56. The van der Waals surface area contributed by atoms with E-state index in [0.717, 1.165) is 10.9 Å². The van der Waals surface area contributed by atoms with Crippen LogP contribution in [0.5, 0.6) is 5.75 Å². The highest BCUT2D eigenvalue weighted by Crippen LogP contribution is 2.16. The summed E-state index contributed by atoms with van der Waals surface area (Å²) in [6.07, 6.45) is 3.13. The largest absolute Gasteiger partial charge is 0.497 e. The number of carbonyl (C=O) groups is 1. The summed E-state index contributed by atoms with van der Waals surface area (Å²) >= 11 is 1.35. The number of ketones is 1.